The summed E-state index contributed by atoms with van der Waals surface area (Å²) < 4.78 is 5.51. The molecule has 0 atom stereocenters. The molecular formula is C20H34N10O. The Morgan fingerprint density at radius 2 is 1.19 bits per heavy atom. The van der Waals surface area contributed by atoms with Gasteiger partial charge in [-0.3, -0.25) is 9.58 Å². The number of hydrogen-bond donors (Lipinski definition) is 1. The maximum atomic E-state index is 9.03. The van der Waals surface area contributed by atoms with Crippen molar-refractivity contribution in [2.24, 2.45) is 0 Å². The Kier molecular flexibility index (Phi) is 6.85. The van der Waals surface area contributed by atoms with Gasteiger partial charge in [0.1, 0.15) is 0 Å². The van der Waals surface area contributed by atoms with Gasteiger partial charge in [-0.15, -0.1) is 15.3 Å². The summed E-state index contributed by atoms with van der Waals surface area (Å²) in [6.07, 6.45) is 6.53. The van der Waals surface area contributed by atoms with Crippen LogP contribution in [0.1, 0.15) is 65.0 Å². The van der Waals surface area contributed by atoms with Gasteiger partial charge in [-0.2, -0.15) is 0 Å². The fourth-order valence-corrected chi connectivity index (χ4v) is 3.01. The molecule has 11 heteroatoms. The number of aliphatic hydroxyl groups is 1. The first-order chi connectivity index (χ1) is 14.5. The Hall–Kier alpha value is -2.66. The van der Waals surface area contributed by atoms with Crippen molar-refractivity contribution in [1.29, 1.82) is 0 Å². The van der Waals surface area contributed by atoms with E-state index in [1.165, 1.54) is 0 Å². The van der Waals surface area contributed by atoms with Crippen LogP contribution in [0, 0.1) is 0 Å². The van der Waals surface area contributed by atoms with E-state index in [9.17, 15) is 0 Å². The molecular weight excluding hydrogens is 396 g/mol. The zero-order chi connectivity index (χ0) is 22.6. The first-order valence-corrected chi connectivity index (χ1v) is 10.6. The minimum absolute atomic E-state index is 0.124. The lowest BCUT2D eigenvalue weighted by Gasteiger charge is -2.20. The van der Waals surface area contributed by atoms with Gasteiger partial charge in [0.05, 0.1) is 40.6 Å². The van der Waals surface area contributed by atoms with E-state index in [0.717, 1.165) is 17.1 Å². The molecule has 11 nitrogen and oxygen atoms in total. The first-order valence-electron chi connectivity index (χ1n) is 10.6. The monoisotopic (exact) mass is 430 g/mol. The third-order valence-electron chi connectivity index (χ3n) is 4.74. The highest BCUT2D eigenvalue weighted by molar-refractivity contribution is 5.01. The van der Waals surface area contributed by atoms with Crippen molar-refractivity contribution in [3.8, 4) is 0 Å². The largest absolute Gasteiger partial charge is 0.396 e. The highest BCUT2D eigenvalue weighted by atomic mass is 16.3. The number of aryl methyl sites for hydroxylation is 1. The van der Waals surface area contributed by atoms with Gasteiger partial charge in [-0.05, 0) is 48.0 Å². The van der Waals surface area contributed by atoms with Crippen LogP contribution in [0.4, 0.5) is 0 Å². The van der Waals surface area contributed by atoms with E-state index in [1.54, 1.807) is 4.68 Å². The summed E-state index contributed by atoms with van der Waals surface area (Å²) in [5.41, 5.74) is 2.36. The van der Waals surface area contributed by atoms with Crippen molar-refractivity contribution in [2.75, 3.05) is 6.61 Å². The number of hydrogen-bond acceptors (Lipinski definition) is 8. The predicted molar refractivity (Wildman–Crippen MR) is 115 cm³/mol. The molecule has 0 amide bonds. The maximum absolute atomic E-state index is 9.03. The molecule has 0 radical (unpaired) electrons. The molecule has 0 unspecified atom stereocenters. The van der Waals surface area contributed by atoms with Crippen molar-refractivity contribution < 1.29 is 5.11 Å². The van der Waals surface area contributed by atoms with Crippen LogP contribution in [-0.2, 0) is 37.3 Å². The smallest absolute Gasteiger partial charge is 0.0967 e. The van der Waals surface area contributed by atoms with E-state index in [0.29, 0.717) is 32.6 Å². The second kappa shape index (κ2) is 9.23. The first kappa shape index (κ1) is 23.0. The van der Waals surface area contributed by atoms with Gasteiger partial charge >= 0.3 is 0 Å². The number of aliphatic hydroxyl groups excluding tert-OH is 1. The van der Waals surface area contributed by atoms with E-state index in [4.69, 9.17) is 5.11 Å². The van der Waals surface area contributed by atoms with Crippen LogP contribution in [0.25, 0.3) is 0 Å². The van der Waals surface area contributed by atoms with Gasteiger partial charge in [0, 0.05) is 39.0 Å². The third-order valence-corrected chi connectivity index (χ3v) is 4.74. The fourth-order valence-electron chi connectivity index (χ4n) is 3.01. The van der Waals surface area contributed by atoms with Crippen LogP contribution in [0.5, 0.6) is 0 Å². The summed E-state index contributed by atoms with van der Waals surface area (Å²) in [4.78, 5) is 2.20. The molecule has 0 aliphatic heterocycles. The molecule has 3 aromatic rings. The highest BCUT2D eigenvalue weighted by Crippen LogP contribution is 2.16. The topological polar surface area (TPSA) is 116 Å². The molecule has 31 heavy (non-hydrogen) atoms. The maximum Gasteiger partial charge on any atom is 0.0967 e. The summed E-state index contributed by atoms with van der Waals surface area (Å²) in [5, 5.41) is 34.7. The van der Waals surface area contributed by atoms with Gasteiger partial charge < -0.3 is 5.11 Å². The van der Waals surface area contributed by atoms with E-state index in [1.807, 2.05) is 28.0 Å². The molecule has 1 N–H and O–H groups in total. The second-order valence-corrected chi connectivity index (χ2v) is 9.85. The molecule has 3 rings (SSSR count). The molecule has 170 valence electrons. The second-order valence-electron chi connectivity index (χ2n) is 9.85. The van der Waals surface area contributed by atoms with Crippen LogP contribution in [0.3, 0.4) is 0 Å². The lowest BCUT2D eigenvalue weighted by atomic mass is 10.1. The summed E-state index contributed by atoms with van der Waals surface area (Å²) in [7, 11) is 0. The van der Waals surface area contributed by atoms with Crippen molar-refractivity contribution in [1.82, 2.24) is 49.9 Å². The highest BCUT2D eigenvalue weighted by Gasteiger charge is 2.20. The van der Waals surface area contributed by atoms with E-state index in [2.05, 4.69) is 77.4 Å². The summed E-state index contributed by atoms with van der Waals surface area (Å²) >= 11 is 0. The van der Waals surface area contributed by atoms with Gasteiger partial charge in [-0.25, -0.2) is 9.36 Å². The molecule has 0 aliphatic carbocycles. The molecule has 3 aromatic heterocycles. The van der Waals surface area contributed by atoms with E-state index >= 15 is 0 Å². The number of nitrogens with zero attached hydrogens (tertiary/aromatic N) is 10. The quantitative estimate of drug-likeness (QED) is 0.544. The predicted octanol–water partition coefficient (Wildman–Crippen LogP) is 1.56. The van der Waals surface area contributed by atoms with Gasteiger partial charge in [-0.1, -0.05) is 15.6 Å². The Morgan fingerprint density at radius 1 is 0.742 bits per heavy atom. The summed E-state index contributed by atoms with van der Waals surface area (Å²) in [6, 6.07) is 0. The Bertz CT molecular complexity index is 905. The van der Waals surface area contributed by atoms with Crippen LogP contribution >= 0.6 is 0 Å². The fraction of sp³-hybridized carbons (Fsp3) is 0.700. The lowest BCUT2D eigenvalue weighted by molar-refractivity contribution is 0.238. The molecule has 0 saturated heterocycles. The van der Waals surface area contributed by atoms with E-state index < -0.39 is 0 Å². The Morgan fingerprint density at radius 3 is 1.61 bits per heavy atom. The molecule has 0 fully saturated rings. The normalized spacial score (nSPS) is 12.8. The molecule has 3 heterocycles. The van der Waals surface area contributed by atoms with Gasteiger partial charge in [0.2, 0.25) is 0 Å². The molecule has 0 saturated carbocycles. The minimum Gasteiger partial charge on any atom is -0.396 e. The number of rotatable bonds is 9. The molecule has 0 aromatic carbocycles. The van der Waals surface area contributed by atoms with Crippen molar-refractivity contribution in [3.63, 3.8) is 0 Å². The van der Waals surface area contributed by atoms with Crippen LogP contribution in [-0.4, -0.2) is 61.6 Å². The van der Waals surface area contributed by atoms with Crippen molar-refractivity contribution in [3.05, 3.63) is 35.7 Å². The molecule has 0 spiro atoms. The van der Waals surface area contributed by atoms with Crippen LogP contribution in [0.15, 0.2) is 18.6 Å². The SMILES string of the molecule is CC(C)(C)n1cc(CN(Cc2cn(CCCO)nn2)Cc2cn(C(C)(C)C)nn2)nn1. The Balaban J connectivity index is 1.77. The lowest BCUT2D eigenvalue weighted by Crippen LogP contribution is -2.24. The van der Waals surface area contributed by atoms with Crippen molar-refractivity contribution in [2.45, 2.75) is 85.2 Å². The minimum atomic E-state index is -0.124. The third kappa shape index (κ3) is 6.41. The zero-order valence-electron chi connectivity index (χ0n) is 19.4. The summed E-state index contributed by atoms with van der Waals surface area (Å²) in [6.45, 7) is 15.1. The standard InChI is InChI=1S/C20H34N10O/c1-19(2,3)29-14-17(22-25-29)11-27(10-16-13-28(24-21-16)8-7-9-31)12-18-15-30(26-23-18)20(4,5)6/h13-15,31H,7-12H2,1-6H3. The van der Waals surface area contributed by atoms with Crippen molar-refractivity contribution >= 4 is 0 Å². The van der Waals surface area contributed by atoms with Gasteiger partial charge in [0.25, 0.3) is 0 Å². The van der Waals surface area contributed by atoms with Gasteiger partial charge in [0.15, 0.2) is 0 Å². The Labute approximate surface area is 183 Å². The average Bonchev–Trinajstić information content (AvgIpc) is 3.40. The van der Waals surface area contributed by atoms with Crippen LogP contribution < -0.4 is 0 Å². The van der Waals surface area contributed by atoms with Crippen LogP contribution in [0.2, 0.25) is 0 Å². The summed E-state index contributed by atoms with van der Waals surface area (Å²) in [5.74, 6) is 0. The molecule has 0 bridgehead atoms. The molecule has 0 aliphatic rings. The number of aromatic nitrogens is 9. The zero-order valence-corrected chi connectivity index (χ0v) is 19.4. The van der Waals surface area contributed by atoms with E-state index in [-0.39, 0.29) is 17.7 Å². The average molecular weight is 431 g/mol.